The molecule has 5 heteroatoms. The van der Waals surface area contributed by atoms with Crippen LogP contribution >= 0.6 is 0 Å². The van der Waals surface area contributed by atoms with Crippen LogP contribution in [0.1, 0.15) is 1.37 Å². The van der Waals surface area contributed by atoms with E-state index in [0.29, 0.717) is 6.08 Å². The molecule has 1 aliphatic carbocycles. The van der Waals surface area contributed by atoms with Crippen molar-refractivity contribution < 1.29 is 25.5 Å². The number of aliphatic carboxylic acids is 1. The molecule has 0 aromatic heterocycles. The van der Waals surface area contributed by atoms with E-state index in [9.17, 15) is 9.18 Å². The third kappa shape index (κ3) is 1.86. The van der Waals surface area contributed by atoms with Crippen molar-refractivity contribution in [1.29, 1.82) is 0 Å². The van der Waals surface area contributed by atoms with E-state index in [0.717, 1.165) is 13.2 Å². The Morgan fingerprint density at radius 3 is 2.85 bits per heavy atom. The minimum Gasteiger partial charge on any atom is -0.505 e. The quantitative estimate of drug-likeness (QED) is 0.680. The Balaban J connectivity index is 3.14. The zero-order valence-corrected chi connectivity index (χ0v) is 6.82. The number of carbonyl (C=O) groups is 1. The smallest absolute Gasteiger partial charge is 0.313 e. The maximum Gasteiger partial charge on any atom is 0.313 e. The van der Waals surface area contributed by atoms with Crippen molar-refractivity contribution in [2.45, 2.75) is 6.10 Å². The minimum absolute atomic E-state index is 0.610. The van der Waals surface area contributed by atoms with Crippen LogP contribution in [-0.4, -0.2) is 29.4 Å². The first-order valence-corrected chi connectivity index (χ1v) is 3.47. The Morgan fingerprint density at radius 1 is 1.77 bits per heavy atom. The third-order valence-corrected chi connectivity index (χ3v) is 1.64. The standard InChI is InChI=1S/C8H9FO4/c1-13-7-3-5(9)6(10)2-4(7)8(11)12/h2-4,7,10H,1H3,(H,11,12)/i4D. The molecule has 1 rings (SSSR count). The Labute approximate surface area is 75.3 Å². The van der Waals surface area contributed by atoms with Crippen molar-refractivity contribution >= 4 is 5.97 Å². The first-order chi connectivity index (χ1) is 6.41. The van der Waals surface area contributed by atoms with E-state index in [4.69, 9.17) is 11.6 Å². The monoisotopic (exact) mass is 189 g/mol. The van der Waals surface area contributed by atoms with Gasteiger partial charge in [0.25, 0.3) is 0 Å². The number of carboxylic acids is 1. The van der Waals surface area contributed by atoms with Crippen LogP contribution in [0.25, 0.3) is 0 Å². The predicted molar refractivity (Wildman–Crippen MR) is 41.8 cm³/mol. The molecule has 2 unspecified atom stereocenters. The maximum absolute atomic E-state index is 12.8. The van der Waals surface area contributed by atoms with Gasteiger partial charge in [0.15, 0.2) is 5.83 Å². The van der Waals surface area contributed by atoms with Gasteiger partial charge in [-0.2, -0.15) is 0 Å². The highest BCUT2D eigenvalue weighted by Crippen LogP contribution is 2.24. The molecule has 13 heavy (non-hydrogen) atoms. The summed E-state index contributed by atoms with van der Waals surface area (Å²) in [5.74, 6) is -5.54. The Morgan fingerprint density at radius 2 is 2.38 bits per heavy atom. The van der Waals surface area contributed by atoms with Gasteiger partial charge in [-0.3, -0.25) is 4.79 Å². The van der Waals surface area contributed by atoms with E-state index in [1.165, 1.54) is 0 Å². The second-order valence-electron chi connectivity index (χ2n) is 2.46. The number of ether oxygens (including phenoxy) is 1. The van der Waals surface area contributed by atoms with E-state index >= 15 is 0 Å². The maximum atomic E-state index is 12.8. The molecule has 0 radical (unpaired) electrons. The number of methoxy groups -OCH3 is 1. The van der Waals surface area contributed by atoms with Gasteiger partial charge in [0.1, 0.15) is 11.7 Å². The lowest BCUT2D eigenvalue weighted by atomic mass is 9.96. The van der Waals surface area contributed by atoms with Gasteiger partial charge in [0.05, 0.1) is 6.10 Å². The number of aliphatic hydroxyl groups is 1. The Bertz CT molecular complexity index is 325. The summed E-state index contributed by atoms with van der Waals surface area (Å²) in [5, 5.41) is 17.7. The SMILES string of the molecule is [2H]C1(C(=O)O)C=C(O)C(F)=CC1OC. The van der Waals surface area contributed by atoms with Crippen molar-refractivity contribution in [1.82, 2.24) is 0 Å². The third-order valence-electron chi connectivity index (χ3n) is 1.64. The molecule has 0 saturated heterocycles. The topological polar surface area (TPSA) is 66.8 Å². The fraction of sp³-hybridized carbons (Fsp3) is 0.375. The van der Waals surface area contributed by atoms with Crippen LogP contribution < -0.4 is 0 Å². The summed E-state index contributed by atoms with van der Waals surface area (Å²) in [5.41, 5.74) is 0. The number of halogens is 1. The second kappa shape index (κ2) is 3.57. The minimum atomic E-state index is -2.19. The van der Waals surface area contributed by atoms with Crippen molar-refractivity contribution in [2.75, 3.05) is 7.11 Å². The van der Waals surface area contributed by atoms with E-state index < -0.39 is 29.6 Å². The van der Waals surface area contributed by atoms with Gasteiger partial charge < -0.3 is 14.9 Å². The molecule has 0 aromatic rings. The first-order valence-electron chi connectivity index (χ1n) is 3.97. The molecule has 1 aliphatic rings. The summed E-state index contributed by atoms with van der Waals surface area (Å²) in [6.07, 6.45) is 0.117. The highest BCUT2D eigenvalue weighted by Gasteiger charge is 2.30. The number of rotatable bonds is 2. The highest BCUT2D eigenvalue weighted by molar-refractivity contribution is 5.74. The zero-order valence-electron chi connectivity index (χ0n) is 7.82. The van der Waals surface area contributed by atoms with Gasteiger partial charge in [-0.25, -0.2) is 4.39 Å². The second-order valence-corrected chi connectivity index (χ2v) is 2.46. The van der Waals surface area contributed by atoms with Gasteiger partial charge in [0.2, 0.25) is 0 Å². The number of carboxylic acid groups (broad SMARTS) is 1. The van der Waals surface area contributed by atoms with Crippen LogP contribution in [0.5, 0.6) is 0 Å². The fourth-order valence-corrected chi connectivity index (χ4v) is 0.985. The van der Waals surface area contributed by atoms with Crippen LogP contribution in [0.15, 0.2) is 23.7 Å². The first kappa shape index (κ1) is 8.25. The summed E-state index contributed by atoms with van der Waals surface area (Å²) in [6, 6.07) is 0. The lowest BCUT2D eigenvalue weighted by molar-refractivity contribution is -0.143. The van der Waals surface area contributed by atoms with Gasteiger partial charge in [-0.05, 0) is 12.2 Å². The van der Waals surface area contributed by atoms with Crippen molar-refractivity contribution in [3.05, 3.63) is 23.7 Å². The van der Waals surface area contributed by atoms with Crippen LogP contribution in [-0.2, 0) is 9.53 Å². The normalized spacial score (nSPS) is 34.6. The van der Waals surface area contributed by atoms with Crippen molar-refractivity contribution in [3.63, 3.8) is 0 Å². The Hall–Kier alpha value is -1.36. The molecular weight excluding hydrogens is 179 g/mol. The molecule has 72 valence electrons. The number of hydrogen-bond acceptors (Lipinski definition) is 3. The van der Waals surface area contributed by atoms with Crippen LogP contribution in [0.3, 0.4) is 0 Å². The number of allylic oxidation sites excluding steroid dienone is 1. The van der Waals surface area contributed by atoms with E-state index in [1.54, 1.807) is 0 Å². The molecule has 0 aliphatic heterocycles. The molecule has 0 heterocycles. The molecule has 4 nitrogen and oxygen atoms in total. The van der Waals surface area contributed by atoms with E-state index in [-0.39, 0.29) is 0 Å². The van der Waals surface area contributed by atoms with Crippen LogP contribution in [0.4, 0.5) is 4.39 Å². The fourth-order valence-electron chi connectivity index (χ4n) is 0.985. The molecule has 0 fully saturated rings. The van der Waals surface area contributed by atoms with Crippen molar-refractivity contribution in [2.24, 2.45) is 5.89 Å². The van der Waals surface area contributed by atoms with Gasteiger partial charge in [-0.15, -0.1) is 0 Å². The predicted octanol–water partition coefficient (Wildman–Crippen LogP) is 1.01. The molecule has 0 amide bonds. The highest BCUT2D eigenvalue weighted by atomic mass is 19.1. The number of hydrogen-bond donors (Lipinski definition) is 2. The van der Waals surface area contributed by atoms with Crippen LogP contribution in [0, 0.1) is 5.89 Å². The molecule has 0 spiro atoms. The summed E-state index contributed by atoms with van der Waals surface area (Å²) < 4.78 is 24.9. The average Bonchev–Trinajstić information content (AvgIpc) is 2.11. The number of aliphatic hydroxyl groups excluding tert-OH is 1. The largest absolute Gasteiger partial charge is 0.505 e. The zero-order chi connectivity index (χ0) is 10.9. The average molecular weight is 189 g/mol. The molecule has 0 bridgehead atoms. The summed E-state index contributed by atoms with van der Waals surface area (Å²) in [6.45, 7) is 0. The Kier molecular flexibility index (Phi) is 2.27. The molecule has 2 N–H and O–H groups in total. The van der Waals surface area contributed by atoms with Gasteiger partial charge in [0, 0.05) is 8.48 Å². The molecule has 0 saturated carbocycles. The van der Waals surface area contributed by atoms with Crippen LogP contribution in [0.2, 0.25) is 0 Å². The molecular formula is C8H9FO4. The lowest BCUT2D eigenvalue weighted by Crippen LogP contribution is -2.29. The molecule has 0 aromatic carbocycles. The summed E-state index contributed by atoms with van der Waals surface area (Å²) in [7, 11) is 1.16. The lowest BCUT2D eigenvalue weighted by Gasteiger charge is -2.20. The van der Waals surface area contributed by atoms with Gasteiger partial charge in [-0.1, -0.05) is 0 Å². The summed E-state index contributed by atoms with van der Waals surface area (Å²) in [4.78, 5) is 10.7. The van der Waals surface area contributed by atoms with E-state index in [2.05, 4.69) is 4.74 Å². The van der Waals surface area contributed by atoms with Gasteiger partial charge >= 0.3 is 5.97 Å². The van der Waals surface area contributed by atoms with Crippen molar-refractivity contribution in [3.8, 4) is 0 Å². The molecule has 2 atom stereocenters. The van der Waals surface area contributed by atoms with E-state index in [1.807, 2.05) is 0 Å². The summed E-state index contributed by atoms with van der Waals surface area (Å²) >= 11 is 0.